The monoisotopic (exact) mass is 296 g/mol. The largest absolute Gasteiger partial charge is 0.378 e. The average molecular weight is 296 g/mol. The molecule has 0 aliphatic carbocycles. The lowest BCUT2D eigenvalue weighted by Crippen LogP contribution is -2.40. The van der Waals surface area contributed by atoms with Gasteiger partial charge in [0.25, 0.3) is 5.91 Å². The maximum Gasteiger partial charge on any atom is 0.257 e. The van der Waals surface area contributed by atoms with E-state index in [1.807, 2.05) is 16.7 Å². The van der Waals surface area contributed by atoms with Crippen molar-refractivity contribution in [2.75, 3.05) is 23.3 Å². The Morgan fingerprint density at radius 1 is 1.35 bits per heavy atom. The highest BCUT2D eigenvalue weighted by atomic mass is 32.2. The Morgan fingerprint density at radius 3 is 2.65 bits per heavy atom. The highest BCUT2D eigenvalue weighted by molar-refractivity contribution is 8.00. The SMILES string of the molecule is CC1CN(c2cc3c(cc2F)C(O)C(=O)N3)CC(C)S1. The Bertz CT molecular complexity index is 556. The molecule has 0 radical (unpaired) electrons. The predicted molar refractivity (Wildman–Crippen MR) is 78.7 cm³/mol. The number of anilines is 2. The van der Waals surface area contributed by atoms with Gasteiger partial charge >= 0.3 is 0 Å². The number of halogens is 1. The number of aliphatic hydroxyl groups is 1. The molecule has 4 nitrogen and oxygen atoms in total. The minimum absolute atomic E-state index is 0.323. The predicted octanol–water partition coefficient (Wildman–Crippen LogP) is 2.14. The molecular formula is C14H17FN2O2S. The molecule has 6 heteroatoms. The molecule has 0 aromatic heterocycles. The number of amides is 1. The lowest BCUT2D eigenvalue weighted by Gasteiger charge is -2.36. The van der Waals surface area contributed by atoms with E-state index >= 15 is 0 Å². The number of fused-ring (bicyclic) bond motifs is 1. The summed E-state index contributed by atoms with van der Waals surface area (Å²) in [7, 11) is 0. The third kappa shape index (κ3) is 2.27. The molecule has 2 aliphatic rings. The lowest BCUT2D eigenvalue weighted by molar-refractivity contribution is -0.123. The number of benzene rings is 1. The Kier molecular flexibility index (Phi) is 3.38. The molecular weight excluding hydrogens is 279 g/mol. The average Bonchev–Trinajstić information content (AvgIpc) is 2.63. The Balaban J connectivity index is 1.95. The van der Waals surface area contributed by atoms with Crippen LogP contribution in [0.15, 0.2) is 12.1 Å². The number of nitrogens with one attached hydrogen (secondary N) is 1. The summed E-state index contributed by atoms with van der Waals surface area (Å²) >= 11 is 1.90. The van der Waals surface area contributed by atoms with Crippen LogP contribution < -0.4 is 10.2 Å². The fraction of sp³-hybridized carbons (Fsp3) is 0.500. The Labute approximate surface area is 121 Å². The standard InChI is InChI=1S/C14H17FN2O2S/c1-7-5-17(6-8(2)20-7)12-4-11-9(3-10(12)15)13(18)14(19)16-11/h3-4,7-8,13,18H,5-6H2,1-2H3,(H,16,19). The second-order valence-corrected chi connectivity index (χ2v) is 7.33. The van der Waals surface area contributed by atoms with E-state index in [0.717, 1.165) is 13.1 Å². The smallest absolute Gasteiger partial charge is 0.257 e. The van der Waals surface area contributed by atoms with Crippen LogP contribution in [0, 0.1) is 5.82 Å². The minimum Gasteiger partial charge on any atom is -0.378 e. The molecule has 1 aromatic carbocycles. The van der Waals surface area contributed by atoms with Crippen LogP contribution in [0.5, 0.6) is 0 Å². The molecule has 1 aromatic rings. The van der Waals surface area contributed by atoms with Gasteiger partial charge in [-0.1, -0.05) is 13.8 Å². The van der Waals surface area contributed by atoms with Crippen molar-refractivity contribution in [3.8, 4) is 0 Å². The molecule has 0 saturated carbocycles. The second-order valence-electron chi connectivity index (χ2n) is 5.44. The van der Waals surface area contributed by atoms with Crippen LogP contribution in [0.1, 0.15) is 25.5 Å². The molecule has 3 atom stereocenters. The maximum atomic E-state index is 14.3. The van der Waals surface area contributed by atoms with Crippen molar-refractivity contribution in [1.82, 2.24) is 0 Å². The first-order valence-corrected chi connectivity index (χ1v) is 7.62. The molecule has 0 bridgehead atoms. The molecule has 2 heterocycles. The molecule has 3 unspecified atom stereocenters. The van der Waals surface area contributed by atoms with E-state index in [2.05, 4.69) is 19.2 Å². The van der Waals surface area contributed by atoms with Gasteiger partial charge in [0.1, 0.15) is 5.82 Å². The highest BCUT2D eigenvalue weighted by Crippen LogP contribution is 2.37. The summed E-state index contributed by atoms with van der Waals surface area (Å²) in [6.07, 6.45) is -1.26. The molecule has 1 saturated heterocycles. The van der Waals surface area contributed by atoms with Crippen molar-refractivity contribution in [3.05, 3.63) is 23.5 Å². The number of carbonyl (C=O) groups is 1. The first-order valence-electron chi connectivity index (χ1n) is 6.68. The fourth-order valence-electron chi connectivity index (χ4n) is 2.87. The van der Waals surface area contributed by atoms with Crippen LogP contribution in [0.25, 0.3) is 0 Å². The zero-order valence-electron chi connectivity index (χ0n) is 11.4. The molecule has 2 aliphatic heterocycles. The normalized spacial score (nSPS) is 29.3. The first kappa shape index (κ1) is 13.7. The topological polar surface area (TPSA) is 52.6 Å². The summed E-state index contributed by atoms with van der Waals surface area (Å²) in [6, 6.07) is 2.90. The molecule has 2 N–H and O–H groups in total. The van der Waals surface area contributed by atoms with Gasteiger partial charge in [-0.05, 0) is 12.1 Å². The van der Waals surface area contributed by atoms with E-state index in [1.165, 1.54) is 6.07 Å². The van der Waals surface area contributed by atoms with Crippen LogP contribution in [0.4, 0.5) is 15.8 Å². The Hall–Kier alpha value is -1.27. The number of carbonyl (C=O) groups excluding carboxylic acids is 1. The molecule has 108 valence electrons. The van der Waals surface area contributed by atoms with Crippen molar-refractivity contribution >= 4 is 29.0 Å². The molecule has 1 fully saturated rings. The van der Waals surface area contributed by atoms with Gasteiger partial charge in [-0.15, -0.1) is 0 Å². The third-order valence-electron chi connectivity index (χ3n) is 3.68. The van der Waals surface area contributed by atoms with Crippen LogP contribution in [0.2, 0.25) is 0 Å². The van der Waals surface area contributed by atoms with Crippen LogP contribution in [0.3, 0.4) is 0 Å². The van der Waals surface area contributed by atoms with E-state index < -0.39 is 12.0 Å². The van der Waals surface area contributed by atoms with E-state index in [0.29, 0.717) is 27.4 Å². The summed E-state index contributed by atoms with van der Waals surface area (Å²) in [5, 5.41) is 13.1. The quantitative estimate of drug-likeness (QED) is 0.834. The van der Waals surface area contributed by atoms with E-state index in [1.54, 1.807) is 6.07 Å². The summed E-state index contributed by atoms with van der Waals surface area (Å²) in [5.41, 5.74) is 1.33. The third-order valence-corrected chi connectivity index (χ3v) is 4.91. The van der Waals surface area contributed by atoms with Crippen molar-refractivity contribution in [2.45, 2.75) is 30.5 Å². The molecule has 0 spiro atoms. The number of nitrogens with zero attached hydrogens (tertiary/aromatic N) is 1. The van der Waals surface area contributed by atoms with Gasteiger partial charge < -0.3 is 15.3 Å². The summed E-state index contributed by atoms with van der Waals surface area (Å²) < 4.78 is 14.3. The fourth-order valence-corrected chi connectivity index (χ4v) is 4.20. The van der Waals surface area contributed by atoms with E-state index in [9.17, 15) is 14.3 Å². The van der Waals surface area contributed by atoms with Gasteiger partial charge in [-0.3, -0.25) is 4.79 Å². The van der Waals surface area contributed by atoms with Crippen molar-refractivity contribution < 1.29 is 14.3 Å². The van der Waals surface area contributed by atoms with Crippen LogP contribution in [-0.4, -0.2) is 34.6 Å². The van der Waals surface area contributed by atoms with Gasteiger partial charge in [-0.2, -0.15) is 11.8 Å². The van der Waals surface area contributed by atoms with Crippen molar-refractivity contribution in [2.24, 2.45) is 0 Å². The van der Waals surface area contributed by atoms with Crippen LogP contribution >= 0.6 is 11.8 Å². The van der Waals surface area contributed by atoms with E-state index in [-0.39, 0.29) is 5.82 Å². The molecule has 1 amide bonds. The van der Waals surface area contributed by atoms with Gasteiger partial charge in [0.2, 0.25) is 0 Å². The zero-order valence-corrected chi connectivity index (χ0v) is 12.2. The minimum atomic E-state index is -1.26. The van der Waals surface area contributed by atoms with Crippen molar-refractivity contribution in [1.29, 1.82) is 0 Å². The zero-order chi connectivity index (χ0) is 14.4. The maximum absolute atomic E-state index is 14.3. The number of hydrogen-bond donors (Lipinski definition) is 2. The summed E-state index contributed by atoms with van der Waals surface area (Å²) in [6.45, 7) is 5.82. The number of hydrogen-bond acceptors (Lipinski definition) is 4. The summed E-state index contributed by atoms with van der Waals surface area (Å²) in [5.74, 6) is -0.877. The second kappa shape index (κ2) is 4.93. The van der Waals surface area contributed by atoms with Gasteiger partial charge in [0.05, 0.1) is 5.69 Å². The lowest BCUT2D eigenvalue weighted by atomic mass is 10.1. The van der Waals surface area contributed by atoms with Gasteiger partial charge in [0.15, 0.2) is 6.10 Å². The van der Waals surface area contributed by atoms with Crippen LogP contribution in [-0.2, 0) is 4.79 Å². The van der Waals surface area contributed by atoms with E-state index in [4.69, 9.17) is 0 Å². The molecule has 20 heavy (non-hydrogen) atoms. The first-order chi connectivity index (χ1) is 9.45. The molecule has 3 rings (SSSR count). The summed E-state index contributed by atoms with van der Waals surface area (Å²) in [4.78, 5) is 13.4. The van der Waals surface area contributed by atoms with Gasteiger partial charge in [-0.25, -0.2) is 4.39 Å². The number of thioether (sulfide) groups is 1. The Morgan fingerprint density at radius 2 is 2.00 bits per heavy atom. The number of aliphatic hydroxyl groups excluding tert-OH is 1. The highest BCUT2D eigenvalue weighted by Gasteiger charge is 2.32. The van der Waals surface area contributed by atoms with Gasteiger partial charge in [0, 0.05) is 34.8 Å². The number of rotatable bonds is 1. The van der Waals surface area contributed by atoms with Crippen molar-refractivity contribution in [3.63, 3.8) is 0 Å².